The lowest BCUT2D eigenvalue weighted by molar-refractivity contribution is 0.578. The standard InChI is InChI=1S/C10H23N.C6H12/c1-2-3-4-5-6-7-8-9-10-11;1-3-5-6-4-2/h2-11H2,1H3;3H,1,4-6H2,2H3. The van der Waals surface area contributed by atoms with Crippen LogP contribution in [-0.4, -0.2) is 6.54 Å². The summed E-state index contributed by atoms with van der Waals surface area (Å²) in [6.45, 7) is 8.91. The zero-order valence-electron chi connectivity index (χ0n) is 12.3. The highest BCUT2D eigenvalue weighted by Gasteiger charge is 1.89. The van der Waals surface area contributed by atoms with Crippen molar-refractivity contribution in [1.82, 2.24) is 0 Å². The van der Waals surface area contributed by atoms with Crippen molar-refractivity contribution in [3.8, 4) is 0 Å². The fourth-order valence-corrected chi connectivity index (χ4v) is 1.63. The SMILES string of the molecule is C=CCCCC.CCCCCCCCCCN. The smallest absolute Gasteiger partial charge is 0.00773 e. The maximum atomic E-state index is 5.39. The van der Waals surface area contributed by atoms with Crippen LogP contribution in [0.1, 0.15) is 84.5 Å². The molecule has 0 aromatic rings. The summed E-state index contributed by atoms with van der Waals surface area (Å²) in [5.41, 5.74) is 5.39. The van der Waals surface area contributed by atoms with E-state index in [1.165, 1.54) is 70.6 Å². The second-order valence-corrected chi connectivity index (χ2v) is 4.69. The summed E-state index contributed by atoms with van der Waals surface area (Å²) in [4.78, 5) is 0. The molecule has 0 rings (SSSR count). The summed E-state index contributed by atoms with van der Waals surface area (Å²) < 4.78 is 0. The van der Waals surface area contributed by atoms with Gasteiger partial charge in [-0.2, -0.15) is 0 Å². The van der Waals surface area contributed by atoms with Crippen LogP contribution in [0, 0.1) is 0 Å². The summed E-state index contributed by atoms with van der Waals surface area (Å²) >= 11 is 0. The van der Waals surface area contributed by atoms with E-state index in [1.54, 1.807) is 0 Å². The molecule has 104 valence electrons. The first kappa shape index (κ1) is 19.0. The Morgan fingerprint density at radius 1 is 0.765 bits per heavy atom. The Balaban J connectivity index is 0. The molecule has 0 spiro atoms. The average Bonchev–Trinajstić information content (AvgIpc) is 2.36. The third-order valence-electron chi connectivity index (χ3n) is 2.82. The van der Waals surface area contributed by atoms with Crippen LogP contribution in [0.2, 0.25) is 0 Å². The third kappa shape index (κ3) is 25.7. The molecule has 0 aliphatic heterocycles. The normalized spacial score (nSPS) is 9.59. The van der Waals surface area contributed by atoms with Crippen molar-refractivity contribution in [2.45, 2.75) is 84.5 Å². The van der Waals surface area contributed by atoms with Gasteiger partial charge in [-0.15, -0.1) is 6.58 Å². The van der Waals surface area contributed by atoms with Gasteiger partial charge in [0.25, 0.3) is 0 Å². The van der Waals surface area contributed by atoms with Crippen LogP contribution in [0.15, 0.2) is 12.7 Å². The molecule has 2 N–H and O–H groups in total. The number of nitrogens with two attached hydrogens (primary N) is 1. The Labute approximate surface area is 110 Å². The first-order valence-electron chi connectivity index (χ1n) is 7.64. The molecule has 0 unspecified atom stereocenters. The van der Waals surface area contributed by atoms with Crippen LogP contribution in [0.25, 0.3) is 0 Å². The van der Waals surface area contributed by atoms with E-state index in [0.29, 0.717) is 0 Å². The molecule has 0 aliphatic carbocycles. The molecule has 0 saturated heterocycles. The number of allylic oxidation sites excluding steroid dienone is 1. The van der Waals surface area contributed by atoms with Crippen LogP contribution in [0.4, 0.5) is 0 Å². The first-order valence-corrected chi connectivity index (χ1v) is 7.64. The Morgan fingerprint density at radius 3 is 1.59 bits per heavy atom. The molecule has 0 saturated carbocycles. The van der Waals surface area contributed by atoms with Gasteiger partial charge in [0.15, 0.2) is 0 Å². The topological polar surface area (TPSA) is 26.0 Å². The van der Waals surface area contributed by atoms with Crippen molar-refractivity contribution in [3.05, 3.63) is 12.7 Å². The van der Waals surface area contributed by atoms with Gasteiger partial charge in [-0.1, -0.05) is 77.7 Å². The van der Waals surface area contributed by atoms with Gasteiger partial charge < -0.3 is 5.73 Å². The van der Waals surface area contributed by atoms with E-state index >= 15 is 0 Å². The molecule has 0 heterocycles. The van der Waals surface area contributed by atoms with E-state index in [0.717, 1.165) is 6.54 Å². The number of hydrogen-bond acceptors (Lipinski definition) is 1. The van der Waals surface area contributed by atoms with Gasteiger partial charge in [-0.3, -0.25) is 0 Å². The van der Waals surface area contributed by atoms with Gasteiger partial charge in [-0.25, -0.2) is 0 Å². The molecule has 0 aliphatic rings. The van der Waals surface area contributed by atoms with E-state index in [2.05, 4.69) is 20.4 Å². The molecular formula is C16H35N. The lowest BCUT2D eigenvalue weighted by Gasteiger charge is -1.99. The monoisotopic (exact) mass is 241 g/mol. The molecular weight excluding hydrogens is 206 g/mol. The number of rotatable bonds is 11. The van der Waals surface area contributed by atoms with Crippen molar-refractivity contribution in [1.29, 1.82) is 0 Å². The summed E-state index contributed by atoms with van der Waals surface area (Å²) in [5.74, 6) is 0. The van der Waals surface area contributed by atoms with Crippen molar-refractivity contribution in [3.63, 3.8) is 0 Å². The van der Waals surface area contributed by atoms with Gasteiger partial charge >= 0.3 is 0 Å². The zero-order valence-corrected chi connectivity index (χ0v) is 12.3. The molecule has 1 nitrogen and oxygen atoms in total. The highest BCUT2D eigenvalue weighted by molar-refractivity contribution is 4.64. The van der Waals surface area contributed by atoms with Crippen LogP contribution in [0.5, 0.6) is 0 Å². The molecule has 1 heteroatoms. The fraction of sp³-hybridized carbons (Fsp3) is 0.875. The van der Waals surface area contributed by atoms with Gasteiger partial charge in [0.1, 0.15) is 0 Å². The van der Waals surface area contributed by atoms with E-state index in [9.17, 15) is 0 Å². The fourth-order valence-electron chi connectivity index (χ4n) is 1.63. The molecule has 0 radical (unpaired) electrons. The highest BCUT2D eigenvalue weighted by atomic mass is 14.5. The predicted molar refractivity (Wildman–Crippen MR) is 81.4 cm³/mol. The second-order valence-electron chi connectivity index (χ2n) is 4.69. The zero-order chi connectivity index (χ0) is 13.2. The van der Waals surface area contributed by atoms with Crippen molar-refractivity contribution in [2.24, 2.45) is 5.73 Å². The lowest BCUT2D eigenvalue weighted by atomic mass is 10.1. The minimum atomic E-state index is 0.870. The Morgan fingerprint density at radius 2 is 1.24 bits per heavy atom. The molecule has 0 aromatic heterocycles. The van der Waals surface area contributed by atoms with Gasteiger partial charge in [-0.05, 0) is 19.4 Å². The van der Waals surface area contributed by atoms with Crippen LogP contribution in [0.3, 0.4) is 0 Å². The van der Waals surface area contributed by atoms with Gasteiger partial charge in [0, 0.05) is 0 Å². The van der Waals surface area contributed by atoms with Gasteiger partial charge in [0.05, 0.1) is 0 Å². The minimum absolute atomic E-state index is 0.870. The molecule has 0 bridgehead atoms. The maximum Gasteiger partial charge on any atom is -0.00773 e. The third-order valence-corrected chi connectivity index (χ3v) is 2.82. The van der Waals surface area contributed by atoms with E-state index in [4.69, 9.17) is 5.73 Å². The van der Waals surface area contributed by atoms with Crippen LogP contribution in [-0.2, 0) is 0 Å². The summed E-state index contributed by atoms with van der Waals surface area (Å²) in [6, 6.07) is 0. The van der Waals surface area contributed by atoms with Crippen LogP contribution < -0.4 is 5.73 Å². The lowest BCUT2D eigenvalue weighted by Crippen LogP contribution is -1.97. The van der Waals surface area contributed by atoms with Crippen molar-refractivity contribution >= 4 is 0 Å². The van der Waals surface area contributed by atoms with Crippen LogP contribution >= 0.6 is 0 Å². The summed E-state index contributed by atoms with van der Waals surface area (Å²) in [7, 11) is 0. The predicted octanol–water partition coefficient (Wildman–Crippen LogP) is 5.45. The number of unbranched alkanes of at least 4 members (excludes halogenated alkanes) is 9. The Bertz CT molecular complexity index is 113. The summed E-state index contributed by atoms with van der Waals surface area (Å²) in [6.07, 6.45) is 16.7. The molecule has 0 amide bonds. The first-order chi connectivity index (χ1) is 8.33. The molecule has 0 atom stereocenters. The van der Waals surface area contributed by atoms with Crippen molar-refractivity contribution in [2.75, 3.05) is 6.54 Å². The quantitative estimate of drug-likeness (QED) is 0.378. The van der Waals surface area contributed by atoms with Crippen molar-refractivity contribution < 1.29 is 0 Å². The maximum absolute atomic E-state index is 5.39. The van der Waals surface area contributed by atoms with E-state index < -0.39 is 0 Å². The Kier molecular flexibility index (Phi) is 23.6. The highest BCUT2D eigenvalue weighted by Crippen LogP contribution is 2.07. The molecule has 0 fully saturated rings. The van der Waals surface area contributed by atoms with E-state index in [1.807, 2.05) is 6.08 Å². The summed E-state index contributed by atoms with van der Waals surface area (Å²) in [5, 5.41) is 0. The molecule has 0 aromatic carbocycles. The largest absolute Gasteiger partial charge is 0.330 e. The Hall–Kier alpha value is -0.300. The van der Waals surface area contributed by atoms with E-state index in [-0.39, 0.29) is 0 Å². The van der Waals surface area contributed by atoms with Gasteiger partial charge in [0.2, 0.25) is 0 Å². The number of hydrogen-bond donors (Lipinski definition) is 1. The minimum Gasteiger partial charge on any atom is -0.330 e. The average molecular weight is 241 g/mol. The second kappa shape index (κ2) is 21.0. The molecule has 17 heavy (non-hydrogen) atoms.